The molecule has 2 aromatic rings. The first-order chi connectivity index (χ1) is 8.16. The Bertz CT molecular complexity index is 472. The maximum Gasteiger partial charge on any atom is 0.0345 e. The van der Waals surface area contributed by atoms with Crippen LogP contribution in [0.1, 0.15) is 32.3 Å². The summed E-state index contributed by atoms with van der Waals surface area (Å²) in [5, 5.41) is 3.70. The minimum absolute atomic E-state index is 0.341. The molecule has 1 aromatic carbocycles. The van der Waals surface area contributed by atoms with Crippen LogP contribution in [0.15, 0.2) is 29.6 Å². The Morgan fingerprint density at radius 1 is 1.24 bits per heavy atom. The van der Waals surface area contributed by atoms with Gasteiger partial charge in [-0.1, -0.05) is 32.0 Å². The van der Waals surface area contributed by atoms with Crippen molar-refractivity contribution in [2.24, 2.45) is 11.7 Å². The average molecular weight is 247 g/mol. The summed E-state index contributed by atoms with van der Waals surface area (Å²) in [6, 6.07) is 8.97. The van der Waals surface area contributed by atoms with Crippen LogP contribution in [0.25, 0.3) is 10.1 Å². The first-order valence-corrected chi connectivity index (χ1v) is 7.25. The van der Waals surface area contributed by atoms with Crippen molar-refractivity contribution >= 4 is 21.4 Å². The van der Waals surface area contributed by atoms with Crippen LogP contribution in [0.4, 0.5) is 0 Å². The number of nitrogens with two attached hydrogens (primary N) is 1. The van der Waals surface area contributed by atoms with E-state index in [9.17, 15) is 0 Å². The Morgan fingerprint density at radius 2 is 2.00 bits per heavy atom. The second-order valence-corrected chi connectivity index (χ2v) is 6.10. The summed E-state index contributed by atoms with van der Waals surface area (Å²) in [6.07, 6.45) is 3.33. The molecule has 2 heteroatoms. The van der Waals surface area contributed by atoms with Crippen molar-refractivity contribution in [3.05, 3.63) is 35.2 Å². The van der Waals surface area contributed by atoms with Crippen LogP contribution >= 0.6 is 11.3 Å². The second kappa shape index (κ2) is 5.65. The lowest BCUT2D eigenvalue weighted by Gasteiger charge is -2.13. The summed E-state index contributed by atoms with van der Waals surface area (Å²) < 4.78 is 1.39. The van der Waals surface area contributed by atoms with Crippen LogP contribution in [-0.4, -0.2) is 6.04 Å². The third kappa shape index (κ3) is 3.30. The molecular formula is C15H21NS. The molecule has 0 spiro atoms. The maximum atomic E-state index is 6.14. The normalized spacial score (nSPS) is 13.4. The lowest BCUT2D eigenvalue weighted by atomic mass is 9.98. The van der Waals surface area contributed by atoms with Gasteiger partial charge < -0.3 is 5.73 Å². The van der Waals surface area contributed by atoms with E-state index in [-0.39, 0.29) is 0 Å². The molecule has 2 N–H and O–H groups in total. The van der Waals surface area contributed by atoms with E-state index in [0.29, 0.717) is 12.0 Å². The molecule has 0 aliphatic carbocycles. The van der Waals surface area contributed by atoms with Gasteiger partial charge in [0, 0.05) is 10.7 Å². The van der Waals surface area contributed by atoms with E-state index < -0.39 is 0 Å². The molecular weight excluding hydrogens is 226 g/mol. The van der Waals surface area contributed by atoms with Crippen molar-refractivity contribution in [2.75, 3.05) is 0 Å². The molecule has 0 bridgehead atoms. The molecule has 0 saturated carbocycles. The smallest absolute Gasteiger partial charge is 0.0345 e. The van der Waals surface area contributed by atoms with Crippen molar-refractivity contribution in [3.63, 3.8) is 0 Å². The number of benzene rings is 1. The summed E-state index contributed by atoms with van der Waals surface area (Å²) in [5.74, 6) is 0.698. The average Bonchev–Trinajstić information content (AvgIpc) is 2.69. The van der Waals surface area contributed by atoms with E-state index in [4.69, 9.17) is 5.73 Å². The Labute approximate surface area is 108 Å². The van der Waals surface area contributed by atoms with Crippen molar-refractivity contribution in [1.29, 1.82) is 0 Å². The predicted octanol–water partition coefficient (Wildman–Crippen LogP) is 4.21. The van der Waals surface area contributed by atoms with Gasteiger partial charge in [-0.3, -0.25) is 0 Å². The second-order valence-electron chi connectivity index (χ2n) is 5.19. The van der Waals surface area contributed by atoms with Gasteiger partial charge in [-0.15, -0.1) is 11.3 Å². The van der Waals surface area contributed by atoms with E-state index in [2.05, 4.69) is 43.5 Å². The zero-order valence-electron chi connectivity index (χ0n) is 10.6. The number of fused-ring (bicyclic) bond motifs is 1. The summed E-state index contributed by atoms with van der Waals surface area (Å²) in [5.41, 5.74) is 7.60. The molecule has 1 unspecified atom stereocenters. The lowest BCUT2D eigenvalue weighted by Crippen LogP contribution is -2.22. The SMILES string of the molecule is CC(C)CC(N)CCc1csc2ccccc12. The summed E-state index contributed by atoms with van der Waals surface area (Å²) in [7, 11) is 0. The minimum Gasteiger partial charge on any atom is -0.328 e. The molecule has 1 nitrogen and oxygen atoms in total. The fourth-order valence-electron chi connectivity index (χ4n) is 2.29. The monoisotopic (exact) mass is 247 g/mol. The molecule has 0 aliphatic heterocycles. The van der Waals surface area contributed by atoms with Crippen LogP contribution in [0.2, 0.25) is 0 Å². The van der Waals surface area contributed by atoms with Crippen LogP contribution in [0, 0.1) is 5.92 Å². The van der Waals surface area contributed by atoms with Crippen molar-refractivity contribution in [3.8, 4) is 0 Å². The van der Waals surface area contributed by atoms with E-state index >= 15 is 0 Å². The van der Waals surface area contributed by atoms with Gasteiger partial charge in [0.05, 0.1) is 0 Å². The summed E-state index contributed by atoms with van der Waals surface area (Å²) in [6.45, 7) is 4.47. The Morgan fingerprint density at radius 3 is 2.76 bits per heavy atom. The van der Waals surface area contributed by atoms with E-state index in [1.54, 1.807) is 0 Å². The number of rotatable bonds is 5. The first-order valence-electron chi connectivity index (χ1n) is 6.37. The Kier molecular flexibility index (Phi) is 4.19. The number of hydrogen-bond acceptors (Lipinski definition) is 2. The fourth-order valence-corrected chi connectivity index (χ4v) is 3.29. The van der Waals surface area contributed by atoms with Gasteiger partial charge in [-0.2, -0.15) is 0 Å². The van der Waals surface area contributed by atoms with Crippen molar-refractivity contribution < 1.29 is 0 Å². The molecule has 0 radical (unpaired) electrons. The van der Waals surface area contributed by atoms with Crippen LogP contribution in [0.3, 0.4) is 0 Å². The number of hydrogen-bond donors (Lipinski definition) is 1. The van der Waals surface area contributed by atoms with Gasteiger partial charge in [0.1, 0.15) is 0 Å². The fraction of sp³-hybridized carbons (Fsp3) is 0.467. The topological polar surface area (TPSA) is 26.0 Å². The highest BCUT2D eigenvalue weighted by atomic mass is 32.1. The van der Waals surface area contributed by atoms with Gasteiger partial charge in [0.25, 0.3) is 0 Å². The Hall–Kier alpha value is -0.860. The molecule has 0 saturated heterocycles. The highest BCUT2D eigenvalue weighted by Crippen LogP contribution is 2.26. The van der Waals surface area contributed by atoms with Gasteiger partial charge >= 0.3 is 0 Å². The quantitative estimate of drug-likeness (QED) is 0.841. The van der Waals surface area contributed by atoms with Crippen LogP contribution in [0.5, 0.6) is 0 Å². The highest BCUT2D eigenvalue weighted by molar-refractivity contribution is 7.17. The maximum absolute atomic E-state index is 6.14. The van der Waals surface area contributed by atoms with Gasteiger partial charge in [-0.05, 0) is 47.6 Å². The van der Waals surface area contributed by atoms with Crippen molar-refractivity contribution in [1.82, 2.24) is 0 Å². The van der Waals surface area contributed by atoms with E-state index in [1.165, 1.54) is 15.6 Å². The largest absolute Gasteiger partial charge is 0.328 e. The Balaban J connectivity index is 1.99. The highest BCUT2D eigenvalue weighted by Gasteiger charge is 2.08. The molecule has 1 heterocycles. The van der Waals surface area contributed by atoms with Gasteiger partial charge in [-0.25, -0.2) is 0 Å². The van der Waals surface area contributed by atoms with Gasteiger partial charge in [0.15, 0.2) is 0 Å². The molecule has 92 valence electrons. The third-order valence-corrected chi connectivity index (χ3v) is 4.13. The van der Waals surface area contributed by atoms with E-state index in [1.807, 2.05) is 11.3 Å². The molecule has 0 amide bonds. The molecule has 2 rings (SSSR count). The summed E-state index contributed by atoms with van der Waals surface area (Å²) >= 11 is 1.84. The lowest BCUT2D eigenvalue weighted by molar-refractivity contribution is 0.474. The molecule has 0 fully saturated rings. The predicted molar refractivity (Wildman–Crippen MR) is 77.6 cm³/mol. The zero-order valence-corrected chi connectivity index (χ0v) is 11.5. The third-order valence-electron chi connectivity index (χ3n) is 3.12. The molecule has 17 heavy (non-hydrogen) atoms. The summed E-state index contributed by atoms with van der Waals surface area (Å²) in [4.78, 5) is 0. The van der Waals surface area contributed by atoms with E-state index in [0.717, 1.165) is 19.3 Å². The first kappa shape index (κ1) is 12.6. The van der Waals surface area contributed by atoms with Crippen LogP contribution in [-0.2, 0) is 6.42 Å². The number of aryl methyl sites for hydroxylation is 1. The molecule has 1 atom stereocenters. The van der Waals surface area contributed by atoms with Crippen molar-refractivity contribution in [2.45, 2.75) is 39.2 Å². The van der Waals surface area contributed by atoms with Gasteiger partial charge in [0.2, 0.25) is 0 Å². The standard InChI is InChI=1S/C15H21NS/c1-11(2)9-13(16)8-7-12-10-17-15-6-4-3-5-14(12)15/h3-6,10-11,13H,7-9,16H2,1-2H3. The molecule has 1 aromatic heterocycles. The zero-order chi connectivity index (χ0) is 12.3. The number of thiophene rings is 1. The van der Waals surface area contributed by atoms with Crippen LogP contribution < -0.4 is 5.73 Å². The molecule has 0 aliphatic rings. The minimum atomic E-state index is 0.341.